The van der Waals surface area contributed by atoms with Crippen molar-refractivity contribution in [2.75, 3.05) is 7.11 Å². The van der Waals surface area contributed by atoms with E-state index in [1.54, 1.807) is 6.07 Å². The number of aromatic hydroxyl groups is 1. The number of Topliss-reactive ketones (excluding diaryl/α,β-unsaturated/α-hetero) is 1. The summed E-state index contributed by atoms with van der Waals surface area (Å²) in [5, 5.41) is 9.87. The van der Waals surface area contributed by atoms with E-state index in [4.69, 9.17) is 4.74 Å². The van der Waals surface area contributed by atoms with Gasteiger partial charge in [0.05, 0.1) is 7.11 Å². The van der Waals surface area contributed by atoms with Crippen LogP contribution in [0, 0.1) is 0 Å². The zero-order valence-corrected chi connectivity index (χ0v) is 9.33. The molecule has 0 radical (unpaired) electrons. The molecule has 0 saturated heterocycles. The number of methoxy groups -OCH3 is 1. The van der Waals surface area contributed by atoms with E-state index in [1.807, 2.05) is 13.0 Å². The van der Waals surface area contributed by atoms with Gasteiger partial charge >= 0.3 is 0 Å². The first-order chi connectivity index (χ1) is 7.10. The van der Waals surface area contributed by atoms with Gasteiger partial charge in [0.1, 0.15) is 5.78 Å². The van der Waals surface area contributed by atoms with E-state index >= 15 is 0 Å². The number of benzene rings is 1. The molecule has 3 heteroatoms. The molecule has 0 heterocycles. The Morgan fingerprint density at radius 2 is 2.13 bits per heavy atom. The van der Waals surface area contributed by atoms with E-state index < -0.39 is 0 Å². The number of rotatable bonds is 4. The molecule has 1 aromatic rings. The van der Waals surface area contributed by atoms with Crippen LogP contribution < -0.4 is 4.74 Å². The predicted molar refractivity (Wildman–Crippen MR) is 58.4 cm³/mol. The van der Waals surface area contributed by atoms with Gasteiger partial charge in [-0.15, -0.1) is 0 Å². The molecule has 0 aliphatic heterocycles. The quantitative estimate of drug-likeness (QED) is 0.824. The molecule has 1 N–H and O–H groups in total. The Bertz CT molecular complexity index is 369. The highest BCUT2D eigenvalue weighted by atomic mass is 16.5. The Hall–Kier alpha value is -1.51. The molecular formula is C12H16O3. The molecule has 1 rings (SSSR count). The summed E-state index contributed by atoms with van der Waals surface area (Å²) in [5.41, 5.74) is 1.67. The van der Waals surface area contributed by atoms with Crippen LogP contribution >= 0.6 is 0 Å². The minimum atomic E-state index is 0.0354. The summed E-state index contributed by atoms with van der Waals surface area (Å²) in [6.07, 6.45) is 1.05. The fraction of sp³-hybridized carbons (Fsp3) is 0.417. The van der Waals surface area contributed by atoms with Crippen LogP contribution in [0.5, 0.6) is 11.5 Å². The first kappa shape index (κ1) is 11.6. The number of ether oxygens (including phenoxy) is 1. The molecule has 1 aromatic carbocycles. The van der Waals surface area contributed by atoms with Gasteiger partial charge in [-0.2, -0.15) is 0 Å². The van der Waals surface area contributed by atoms with Gasteiger partial charge in [0.15, 0.2) is 11.5 Å². The van der Waals surface area contributed by atoms with Crippen molar-refractivity contribution in [2.24, 2.45) is 0 Å². The molecule has 0 spiro atoms. The summed E-state index contributed by atoms with van der Waals surface area (Å²) in [6.45, 7) is 3.50. The van der Waals surface area contributed by atoms with Gasteiger partial charge in [-0.3, -0.25) is 4.79 Å². The molecule has 3 nitrogen and oxygen atoms in total. The Labute approximate surface area is 89.7 Å². The molecule has 0 aliphatic rings. The Balaban J connectivity index is 3.22. The third kappa shape index (κ3) is 2.49. The van der Waals surface area contributed by atoms with Crippen molar-refractivity contribution in [1.29, 1.82) is 0 Å². The fourth-order valence-corrected chi connectivity index (χ4v) is 1.60. The lowest BCUT2D eigenvalue weighted by Crippen LogP contribution is -2.02. The lowest BCUT2D eigenvalue weighted by molar-refractivity contribution is -0.116. The van der Waals surface area contributed by atoms with Gasteiger partial charge < -0.3 is 9.84 Å². The van der Waals surface area contributed by atoms with E-state index in [9.17, 15) is 9.90 Å². The third-order valence-corrected chi connectivity index (χ3v) is 2.37. The Morgan fingerprint density at radius 1 is 1.47 bits per heavy atom. The van der Waals surface area contributed by atoms with Gasteiger partial charge in [0, 0.05) is 12.0 Å². The summed E-state index contributed by atoms with van der Waals surface area (Å²) < 4.78 is 5.01. The number of phenolic OH excluding ortho intramolecular Hbond substituents is 1. The summed E-state index contributed by atoms with van der Waals surface area (Å²) in [7, 11) is 1.50. The molecule has 0 unspecified atom stereocenters. The van der Waals surface area contributed by atoms with Crippen molar-refractivity contribution in [2.45, 2.75) is 26.7 Å². The van der Waals surface area contributed by atoms with Crippen LogP contribution in [-0.2, 0) is 17.6 Å². The normalized spacial score (nSPS) is 10.1. The second kappa shape index (κ2) is 4.82. The summed E-state index contributed by atoms with van der Waals surface area (Å²) in [6, 6.07) is 3.61. The average Bonchev–Trinajstić information content (AvgIpc) is 2.20. The topological polar surface area (TPSA) is 46.5 Å². The highest BCUT2D eigenvalue weighted by molar-refractivity contribution is 5.79. The van der Waals surface area contributed by atoms with Crippen LogP contribution in [0.2, 0.25) is 0 Å². The number of phenols is 1. The summed E-state index contributed by atoms with van der Waals surface area (Å²) >= 11 is 0. The smallest absolute Gasteiger partial charge is 0.161 e. The van der Waals surface area contributed by atoms with Crippen LogP contribution in [0.4, 0.5) is 0 Å². The molecule has 82 valence electrons. The molecule has 0 aromatic heterocycles. The van der Waals surface area contributed by atoms with Crippen LogP contribution in [0.1, 0.15) is 25.0 Å². The first-order valence-corrected chi connectivity index (χ1v) is 4.97. The zero-order valence-electron chi connectivity index (χ0n) is 9.33. The van der Waals surface area contributed by atoms with E-state index in [-0.39, 0.29) is 18.0 Å². The molecule has 0 aliphatic carbocycles. The average molecular weight is 208 g/mol. The van der Waals surface area contributed by atoms with E-state index in [0.29, 0.717) is 11.3 Å². The number of hydrogen-bond acceptors (Lipinski definition) is 3. The maximum Gasteiger partial charge on any atom is 0.161 e. The predicted octanol–water partition coefficient (Wildman–Crippen LogP) is 2.09. The van der Waals surface area contributed by atoms with Gasteiger partial charge in [-0.25, -0.2) is 0 Å². The second-order valence-electron chi connectivity index (χ2n) is 3.49. The fourth-order valence-electron chi connectivity index (χ4n) is 1.60. The molecule has 0 atom stereocenters. The van der Waals surface area contributed by atoms with Crippen LogP contribution in [0.3, 0.4) is 0 Å². The number of carbonyl (C=O) groups excluding carboxylic acids is 1. The van der Waals surface area contributed by atoms with Crippen molar-refractivity contribution in [1.82, 2.24) is 0 Å². The van der Waals surface area contributed by atoms with Crippen molar-refractivity contribution in [3.05, 3.63) is 23.3 Å². The summed E-state index contributed by atoms with van der Waals surface area (Å²) in [5.74, 6) is 0.545. The highest BCUT2D eigenvalue weighted by Gasteiger charge is 2.13. The lowest BCUT2D eigenvalue weighted by atomic mass is 9.99. The minimum Gasteiger partial charge on any atom is -0.504 e. The molecule has 0 saturated carbocycles. The number of carbonyl (C=O) groups is 1. The molecule has 0 bridgehead atoms. The van der Waals surface area contributed by atoms with Gasteiger partial charge in [-0.1, -0.05) is 13.0 Å². The van der Waals surface area contributed by atoms with Crippen molar-refractivity contribution in [3.63, 3.8) is 0 Å². The van der Waals surface area contributed by atoms with E-state index in [2.05, 4.69) is 0 Å². The summed E-state index contributed by atoms with van der Waals surface area (Å²) in [4.78, 5) is 11.1. The van der Waals surface area contributed by atoms with Crippen molar-refractivity contribution >= 4 is 5.78 Å². The van der Waals surface area contributed by atoms with Crippen molar-refractivity contribution < 1.29 is 14.6 Å². The maximum absolute atomic E-state index is 11.1. The second-order valence-corrected chi connectivity index (χ2v) is 3.49. The largest absolute Gasteiger partial charge is 0.504 e. The van der Waals surface area contributed by atoms with Gasteiger partial charge in [-0.05, 0) is 25.0 Å². The Morgan fingerprint density at radius 3 is 2.60 bits per heavy atom. The van der Waals surface area contributed by atoms with Crippen LogP contribution in [0.15, 0.2) is 12.1 Å². The lowest BCUT2D eigenvalue weighted by Gasteiger charge is -2.12. The third-order valence-electron chi connectivity index (χ3n) is 2.37. The monoisotopic (exact) mass is 208 g/mol. The van der Waals surface area contributed by atoms with Crippen molar-refractivity contribution in [3.8, 4) is 11.5 Å². The standard InChI is InChI=1S/C12H16O3/c1-4-9-5-6-11(15-3)12(14)10(9)7-8(2)13/h5-6,14H,4,7H2,1-3H3. The molecule has 15 heavy (non-hydrogen) atoms. The minimum absolute atomic E-state index is 0.0354. The Kier molecular flexibility index (Phi) is 3.72. The number of aryl methyl sites for hydroxylation is 1. The number of ketones is 1. The van der Waals surface area contributed by atoms with E-state index in [0.717, 1.165) is 12.0 Å². The SMILES string of the molecule is CCc1ccc(OC)c(O)c1CC(C)=O. The van der Waals surface area contributed by atoms with Crippen LogP contribution in [0.25, 0.3) is 0 Å². The molecule has 0 fully saturated rings. The molecular weight excluding hydrogens is 192 g/mol. The van der Waals surface area contributed by atoms with Gasteiger partial charge in [0.2, 0.25) is 0 Å². The molecule has 0 amide bonds. The van der Waals surface area contributed by atoms with E-state index in [1.165, 1.54) is 14.0 Å². The zero-order chi connectivity index (χ0) is 11.4. The van der Waals surface area contributed by atoms with Crippen LogP contribution in [-0.4, -0.2) is 18.0 Å². The van der Waals surface area contributed by atoms with Gasteiger partial charge in [0.25, 0.3) is 0 Å². The first-order valence-electron chi connectivity index (χ1n) is 4.97. The highest BCUT2D eigenvalue weighted by Crippen LogP contribution is 2.32. The maximum atomic E-state index is 11.1. The number of hydrogen-bond donors (Lipinski definition) is 1.